The molecular weight excluding hydrogens is 280 g/mol. The lowest BCUT2D eigenvalue weighted by atomic mass is 9.98. The highest BCUT2D eigenvalue weighted by molar-refractivity contribution is 5.95. The molecule has 0 unspecified atom stereocenters. The molecule has 0 aliphatic heterocycles. The van der Waals surface area contributed by atoms with E-state index in [0.29, 0.717) is 0 Å². The first-order valence-electron chi connectivity index (χ1n) is 6.47. The van der Waals surface area contributed by atoms with Gasteiger partial charge >= 0.3 is 11.9 Å². The van der Waals surface area contributed by atoms with E-state index in [1.165, 1.54) is 0 Å². The molecule has 0 spiro atoms. The first-order valence-corrected chi connectivity index (χ1v) is 6.47. The molecule has 0 fully saturated rings. The van der Waals surface area contributed by atoms with Gasteiger partial charge in [-0.3, -0.25) is 9.59 Å². The summed E-state index contributed by atoms with van der Waals surface area (Å²) in [4.78, 5) is 23.6. The molecule has 0 bridgehead atoms. The van der Waals surface area contributed by atoms with E-state index >= 15 is 0 Å². The van der Waals surface area contributed by atoms with Crippen LogP contribution < -0.4 is 0 Å². The van der Waals surface area contributed by atoms with Gasteiger partial charge in [0.1, 0.15) is 5.75 Å². The molecule has 0 atom stereocenters. The molecule has 1 rings (SSSR count). The molecular formula is C14H18O7. The Bertz CT molecular complexity index is 506. The van der Waals surface area contributed by atoms with Gasteiger partial charge in [-0.25, -0.2) is 0 Å². The van der Waals surface area contributed by atoms with Gasteiger partial charge < -0.3 is 24.8 Å². The van der Waals surface area contributed by atoms with E-state index in [2.05, 4.69) is 0 Å². The van der Waals surface area contributed by atoms with Crippen molar-refractivity contribution in [1.29, 1.82) is 0 Å². The van der Waals surface area contributed by atoms with Crippen LogP contribution in [0, 0.1) is 5.92 Å². The maximum absolute atomic E-state index is 11.8. The monoisotopic (exact) mass is 298 g/mol. The molecule has 0 aromatic heterocycles. The summed E-state index contributed by atoms with van der Waals surface area (Å²) in [5, 5.41) is 28.4. The number of esters is 2. The zero-order chi connectivity index (χ0) is 16.0. The lowest BCUT2D eigenvalue weighted by Gasteiger charge is -2.15. The Labute approximate surface area is 121 Å². The molecule has 0 saturated heterocycles. The molecule has 7 heteroatoms. The molecule has 7 nitrogen and oxygen atoms in total. The second kappa shape index (κ2) is 7.37. The van der Waals surface area contributed by atoms with Crippen LogP contribution in [0.5, 0.6) is 17.2 Å². The minimum atomic E-state index is -1.25. The van der Waals surface area contributed by atoms with Gasteiger partial charge in [0.15, 0.2) is 17.4 Å². The Balaban J connectivity index is 3.03. The fourth-order valence-electron chi connectivity index (χ4n) is 1.74. The van der Waals surface area contributed by atoms with Crippen molar-refractivity contribution in [3.8, 4) is 17.2 Å². The number of ether oxygens (including phenoxy) is 2. The van der Waals surface area contributed by atoms with Crippen molar-refractivity contribution in [2.75, 3.05) is 13.2 Å². The van der Waals surface area contributed by atoms with Crippen molar-refractivity contribution in [2.45, 2.75) is 20.3 Å². The van der Waals surface area contributed by atoms with Gasteiger partial charge in [0.05, 0.1) is 13.2 Å². The van der Waals surface area contributed by atoms with Gasteiger partial charge in [-0.15, -0.1) is 0 Å². The lowest BCUT2D eigenvalue weighted by molar-refractivity contribution is -0.161. The number of phenolic OH excluding ortho intramolecular Hbond substituents is 3. The predicted octanol–water partition coefficient (Wildman–Crippen LogP) is 1.09. The fourth-order valence-corrected chi connectivity index (χ4v) is 1.74. The van der Waals surface area contributed by atoms with E-state index < -0.39 is 29.4 Å². The summed E-state index contributed by atoms with van der Waals surface area (Å²) >= 11 is 0. The van der Waals surface area contributed by atoms with Crippen molar-refractivity contribution in [3.63, 3.8) is 0 Å². The summed E-state index contributed by atoms with van der Waals surface area (Å²) in [6.07, 6.45) is -0.211. The zero-order valence-corrected chi connectivity index (χ0v) is 11.8. The van der Waals surface area contributed by atoms with Gasteiger partial charge in [0.25, 0.3) is 0 Å². The third kappa shape index (κ3) is 4.27. The second-order valence-electron chi connectivity index (χ2n) is 4.23. The lowest BCUT2D eigenvalue weighted by Crippen LogP contribution is -2.30. The molecule has 0 aliphatic rings. The van der Waals surface area contributed by atoms with Crippen LogP contribution in [-0.4, -0.2) is 40.5 Å². The van der Waals surface area contributed by atoms with Gasteiger partial charge in [-0.1, -0.05) is 0 Å². The van der Waals surface area contributed by atoms with E-state index in [4.69, 9.17) is 9.47 Å². The van der Waals surface area contributed by atoms with E-state index in [1.807, 2.05) is 0 Å². The topological polar surface area (TPSA) is 113 Å². The summed E-state index contributed by atoms with van der Waals surface area (Å²) in [6.45, 7) is 3.40. The second-order valence-corrected chi connectivity index (χ2v) is 4.23. The number of hydrogen-bond donors (Lipinski definition) is 3. The molecule has 116 valence electrons. The summed E-state index contributed by atoms with van der Waals surface area (Å²) in [5.74, 6) is -4.11. The summed E-state index contributed by atoms with van der Waals surface area (Å²) in [5.41, 5.74) is 0.122. The molecule has 1 aromatic rings. The number of benzene rings is 1. The van der Waals surface area contributed by atoms with Crippen LogP contribution >= 0.6 is 0 Å². The Morgan fingerprint density at radius 1 is 0.952 bits per heavy atom. The van der Waals surface area contributed by atoms with E-state index in [1.54, 1.807) is 13.8 Å². The molecule has 0 heterocycles. The fraction of sp³-hybridized carbons (Fsp3) is 0.429. The van der Waals surface area contributed by atoms with Gasteiger partial charge in [0, 0.05) is 12.5 Å². The minimum absolute atomic E-state index is 0.0988. The number of aromatic hydroxyl groups is 3. The van der Waals surface area contributed by atoms with E-state index in [-0.39, 0.29) is 30.9 Å². The zero-order valence-electron chi connectivity index (χ0n) is 11.8. The van der Waals surface area contributed by atoms with Crippen LogP contribution in [0.4, 0.5) is 0 Å². The van der Waals surface area contributed by atoms with E-state index in [0.717, 1.165) is 12.1 Å². The Kier molecular flexibility index (Phi) is 5.83. The Morgan fingerprint density at radius 2 is 1.43 bits per heavy atom. The van der Waals surface area contributed by atoms with E-state index in [9.17, 15) is 24.9 Å². The van der Waals surface area contributed by atoms with Gasteiger partial charge in [0.2, 0.25) is 0 Å². The van der Waals surface area contributed by atoms with Crippen LogP contribution in [-0.2, 0) is 25.5 Å². The maximum Gasteiger partial charge on any atom is 0.320 e. The maximum atomic E-state index is 11.8. The Morgan fingerprint density at radius 3 is 1.90 bits per heavy atom. The molecule has 0 amide bonds. The number of rotatable bonds is 6. The number of carbonyl (C=O) groups excluding carboxylic acids is 2. The normalized spacial score (nSPS) is 10.4. The van der Waals surface area contributed by atoms with Crippen molar-refractivity contribution in [3.05, 3.63) is 17.7 Å². The average molecular weight is 298 g/mol. The summed E-state index contributed by atoms with van der Waals surface area (Å²) < 4.78 is 9.61. The molecule has 0 radical (unpaired) electrons. The highest BCUT2D eigenvalue weighted by Gasteiger charge is 2.31. The van der Waals surface area contributed by atoms with Crippen molar-refractivity contribution < 1.29 is 34.4 Å². The third-order valence-corrected chi connectivity index (χ3v) is 2.74. The van der Waals surface area contributed by atoms with Gasteiger partial charge in [-0.2, -0.15) is 0 Å². The highest BCUT2D eigenvalue weighted by atomic mass is 16.6. The number of carbonyl (C=O) groups is 2. The van der Waals surface area contributed by atoms with Gasteiger partial charge in [-0.05, 0) is 25.5 Å². The smallest absolute Gasteiger partial charge is 0.320 e. The van der Waals surface area contributed by atoms with Crippen LogP contribution in [0.1, 0.15) is 19.4 Å². The molecule has 0 saturated carbocycles. The largest absolute Gasteiger partial charge is 0.508 e. The highest BCUT2D eigenvalue weighted by Crippen LogP contribution is 2.33. The third-order valence-electron chi connectivity index (χ3n) is 2.74. The molecule has 3 N–H and O–H groups in total. The summed E-state index contributed by atoms with van der Waals surface area (Å²) in [7, 11) is 0. The number of phenols is 3. The predicted molar refractivity (Wildman–Crippen MR) is 71.9 cm³/mol. The molecule has 0 aliphatic carbocycles. The first kappa shape index (κ1) is 16.6. The first-order chi connectivity index (χ1) is 9.90. The number of hydrogen-bond acceptors (Lipinski definition) is 7. The van der Waals surface area contributed by atoms with Crippen LogP contribution in [0.2, 0.25) is 0 Å². The van der Waals surface area contributed by atoms with Crippen molar-refractivity contribution >= 4 is 11.9 Å². The molecule has 1 aromatic carbocycles. The van der Waals surface area contributed by atoms with Crippen LogP contribution in [0.25, 0.3) is 0 Å². The van der Waals surface area contributed by atoms with Crippen molar-refractivity contribution in [2.24, 2.45) is 5.92 Å². The summed E-state index contributed by atoms with van der Waals surface area (Å²) in [6, 6.07) is 2.01. The average Bonchev–Trinajstić information content (AvgIpc) is 2.41. The SMILES string of the molecule is CCOC(=O)C(Cc1cc(O)c(O)cc1O)C(=O)OCC. The minimum Gasteiger partial charge on any atom is -0.508 e. The molecule has 21 heavy (non-hydrogen) atoms. The quantitative estimate of drug-likeness (QED) is 0.312. The van der Waals surface area contributed by atoms with Crippen molar-refractivity contribution in [1.82, 2.24) is 0 Å². The standard InChI is InChI=1S/C14H18O7/c1-3-20-13(18)9(14(19)21-4-2)5-8-6-11(16)12(17)7-10(8)15/h6-7,9,15-17H,3-5H2,1-2H3. The Hall–Kier alpha value is -2.44. The van der Waals surface area contributed by atoms with Crippen LogP contribution in [0.3, 0.4) is 0 Å². The van der Waals surface area contributed by atoms with Crippen LogP contribution in [0.15, 0.2) is 12.1 Å².